The number of nitrogens with zero attached hydrogens (tertiary/aromatic N) is 1. The topological polar surface area (TPSA) is 78.9 Å². The molecule has 6 heteroatoms. The molecular weight excluding hydrogens is 344 g/mol. The summed E-state index contributed by atoms with van der Waals surface area (Å²) in [6.45, 7) is 1.42. The molecule has 0 unspecified atom stereocenters. The van der Waals surface area contributed by atoms with E-state index >= 15 is 0 Å². The fraction of sp³-hybridized carbons (Fsp3) is 0.524. The molecule has 0 bridgehead atoms. The molecule has 27 heavy (non-hydrogen) atoms. The number of ether oxygens (including phenoxy) is 1. The minimum atomic E-state index is -0.547. The summed E-state index contributed by atoms with van der Waals surface area (Å²) in [5, 5.41) is 12.6. The van der Waals surface area contributed by atoms with Gasteiger partial charge in [0.2, 0.25) is 11.8 Å². The van der Waals surface area contributed by atoms with Gasteiger partial charge in [-0.3, -0.25) is 9.59 Å². The second-order valence-corrected chi connectivity index (χ2v) is 7.18. The summed E-state index contributed by atoms with van der Waals surface area (Å²) >= 11 is 0. The van der Waals surface area contributed by atoms with E-state index in [9.17, 15) is 14.7 Å². The Morgan fingerprint density at radius 3 is 2.56 bits per heavy atom. The van der Waals surface area contributed by atoms with Crippen LogP contribution < -0.4 is 5.32 Å². The number of carbonyl (C=O) groups is 2. The SMILES string of the molecule is O=C(Cc1ccccc1)N[C@H]1C=C[C@@H](CC(=O)N2CCCCC2)O[C@H]1CO. The Morgan fingerprint density at radius 1 is 1.11 bits per heavy atom. The zero-order chi connectivity index (χ0) is 19.1. The molecule has 2 amide bonds. The molecule has 3 rings (SSSR count). The average Bonchev–Trinajstić information content (AvgIpc) is 2.70. The molecule has 146 valence electrons. The first-order chi connectivity index (χ1) is 13.2. The van der Waals surface area contributed by atoms with Gasteiger partial charge in [-0.15, -0.1) is 0 Å². The lowest BCUT2D eigenvalue weighted by atomic mass is 10.0. The molecule has 0 aliphatic carbocycles. The maximum absolute atomic E-state index is 12.4. The Balaban J connectivity index is 1.52. The maximum Gasteiger partial charge on any atom is 0.225 e. The summed E-state index contributed by atoms with van der Waals surface area (Å²) < 4.78 is 5.86. The quantitative estimate of drug-likeness (QED) is 0.741. The third kappa shape index (κ3) is 5.65. The van der Waals surface area contributed by atoms with Crippen LogP contribution in [0, 0.1) is 0 Å². The van der Waals surface area contributed by atoms with E-state index in [1.54, 1.807) is 0 Å². The van der Waals surface area contributed by atoms with Crippen molar-refractivity contribution in [2.45, 2.75) is 50.4 Å². The number of hydrogen-bond acceptors (Lipinski definition) is 4. The van der Waals surface area contributed by atoms with E-state index in [4.69, 9.17) is 4.74 Å². The van der Waals surface area contributed by atoms with Crippen LogP contribution in [0.15, 0.2) is 42.5 Å². The number of benzene rings is 1. The highest BCUT2D eigenvalue weighted by Gasteiger charge is 2.30. The van der Waals surface area contributed by atoms with Gasteiger partial charge in [0.05, 0.1) is 31.6 Å². The summed E-state index contributed by atoms with van der Waals surface area (Å²) in [4.78, 5) is 26.6. The Labute approximate surface area is 160 Å². The Kier molecular flexibility index (Phi) is 7.01. The molecule has 2 aliphatic rings. The van der Waals surface area contributed by atoms with Crippen LogP contribution >= 0.6 is 0 Å². The van der Waals surface area contributed by atoms with Gasteiger partial charge in [-0.25, -0.2) is 0 Å². The Morgan fingerprint density at radius 2 is 1.85 bits per heavy atom. The highest BCUT2D eigenvalue weighted by molar-refractivity contribution is 5.79. The van der Waals surface area contributed by atoms with Crippen LogP contribution in [0.25, 0.3) is 0 Å². The molecule has 0 saturated carbocycles. The first-order valence-corrected chi connectivity index (χ1v) is 9.71. The van der Waals surface area contributed by atoms with Gasteiger partial charge in [-0.1, -0.05) is 42.5 Å². The molecule has 0 spiro atoms. The second kappa shape index (κ2) is 9.67. The predicted molar refractivity (Wildman–Crippen MR) is 102 cm³/mol. The first-order valence-electron chi connectivity index (χ1n) is 9.71. The molecule has 1 saturated heterocycles. The molecule has 1 fully saturated rings. The van der Waals surface area contributed by atoms with E-state index in [0.717, 1.165) is 31.5 Å². The van der Waals surface area contributed by atoms with Gasteiger partial charge in [0.25, 0.3) is 0 Å². The van der Waals surface area contributed by atoms with Crippen LogP contribution in [0.5, 0.6) is 0 Å². The summed E-state index contributed by atoms with van der Waals surface area (Å²) in [5.74, 6) is -0.0339. The molecule has 3 atom stereocenters. The number of nitrogens with one attached hydrogen (secondary N) is 1. The average molecular weight is 372 g/mol. The largest absolute Gasteiger partial charge is 0.394 e. The van der Waals surface area contributed by atoms with Crippen molar-refractivity contribution in [3.63, 3.8) is 0 Å². The van der Waals surface area contributed by atoms with Crippen molar-refractivity contribution in [1.82, 2.24) is 10.2 Å². The van der Waals surface area contributed by atoms with E-state index in [-0.39, 0.29) is 37.4 Å². The predicted octanol–water partition coefficient (Wildman–Crippen LogP) is 1.43. The summed E-state index contributed by atoms with van der Waals surface area (Å²) in [5.41, 5.74) is 0.932. The van der Waals surface area contributed by atoms with Gasteiger partial charge in [0.1, 0.15) is 6.10 Å². The van der Waals surface area contributed by atoms with Crippen molar-refractivity contribution < 1.29 is 19.4 Å². The van der Waals surface area contributed by atoms with Gasteiger partial charge < -0.3 is 20.1 Å². The van der Waals surface area contributed by atoms with E-state index in [1.807, 2.05) is 47.4 Å². The minimum absolute atomic E-state index is 0.0904. The smallest absolute Gasteiger partial charge is 0.225 e. The van der Waals surface area contributed by atoms with Crippen molar-refractivity contribution in [3.05, 3.63) is 48.0 Å². The van der Waals surface area contributed by atoms with E-state index < -0.39 is 12.1 Å². The van der Waals surface area contributed by atoms with Gasteiger partial charge in [-0.05, 0) is 24.8 Å². The molecule has 1 aromatic rings. The summed E-state index contributed by atoms with van der Waals surface area (Å²) in [6, 6.07) is 9.11. The van der Waals surface area contributed by atoms with E-state index in [1.165, 1.54) is 6.42 Å². The lowest BCUT2D eigenvalue weighted by Crippen LogP contribution is -2.49. The number of aliphatic hydroxyl groups excluding tert-OH is 1. The number of likely N-dealkylation sites (tertiary alicyclic amines) is 1. The third-order valence-electron chi connectivity index (χ3n) is 5.08. The number of hydrogen-bond donors (Lipinski definition) is 2. The van der Waals surface area contributed by atoms with Crippen molar-refractivity contribution >= 4 is 11.8 Å². The summed E-state index contributed by atoms with van der Waals surface area (Å²) in [6.07, 6.45) is 6.60. The molecule has 6 nitrogen and oxygen atoms in total. The molecular formula is C21H28N2O4. The van der Waals surface area contributed by atoms with Crippen LogP contribution in [0.3, 0.4) is 0 Å². The summed E-state index contributed by atoms with van der Waals surface area (Å²) in [7, 11) is 0. The lowest BCUT2D eigenvalue weighted by molar-refractivity contribution is -0.137. The van der Waals surface area contributed by atoms with Crippen molar-refractivity contribution in [3.8, 4) is 0 Å². The molecule has 0 aromatic heterocycles. The molecule has 2 heterocycles. The zero-order valence-electron chi connectivity index (χ0n) is 15.5. The van der Waals surface area contributed by atoms with Crippen LogP contribution in [0.4, 0.5) is 0 Å². The van der Waals surface area contributed by atoms with E-state index in [0.29, 0.717) is 0 Å². The number of carbonyl (C=O) groups excluding carboxylic acids is 2. The van der Waals surface area contributed by atoms with Crippen molar-refractivity contribution in [2.24, 2.45) is 0 Å². The monoisotopic (exact) mass is 372 g/mol. The van der Waals surface area contributed by atoms with Gasteiger partial charge in [0.15, 0.2) is 0 Å². The normalized spacial score (nSPS) is 25.2. The molecule has 1 aromatic carbocycles. The highest BCUT2D eigenvalue weighted by Crippen LogP contribution is 2.18. The zero-order valence-corrected chi connectivity index (χ0v) is 15.5. The van der Waals surface area contributed by atoms with Crippen LogP contribution in [0.2, 0.25) is 0 Å². The lowest BCUT2D eigenvalue weighted by Gasteiger charge is -2.33. The highest BCUT2D eigenvalue weighted by atomic mass is 16.5. The second-order valence-electron chi connectivity index (χ2n) is 7.18. The Bertz CT molecular complexity index is 655. The van der Waals surface area contributed by atoms with Gasteiger partial charge in [0, 0.05) is 13.1 Å². The van der Waals surface area contributed by atoms with Crippen molar-refractivity contribution in [1.29, 1.82) is 0 Å². The van der Waals surface area contributed by atoms with E-state index in [2.05, 4.69) is 5.32 Å². The van der Waals surface area contributed by atoms with Gasteiger partial charge >= 0.3 is 0 Å². The number of piperidine rings is 1. The van der Waals surface area contributed by atoms with Crippen LogP contribution in [0.1, 0.15) is 31.2 Å². The maximum atomic E-state index is 12.4. The number of aliphatic hydroxyl groups is 1. The fourth-order valence-electron chi connectivity index (χ4n) is 3.60. The molecule has 2 N–H and O–H groups in total. The third-order valence-corrected chi connectivity index (χ3v) is 5.08. The number of rotatable bonds is 6. The minimum Gasteiger partial charge on any atom is -0.394 e. The number of amides is 2. The molecule has 2 aliphatic heterocycles. The van der Waals surface area contributed by atoms with Crippen LogP contribution in [-0.4, -0.2) is 59.8 Å². The van der Waals surface area contributed by atoms with Gasteiger partial charge in [-0.2, -0.15) is 0 Å². The first kappa shape index (κ1) is 19.6. The Hall–Kier alpha value is -2.18. The van der Waals surface area contributed by atoms with Crippen molar-refractivity contribution in [2.75, 3.05) is 19.7 Å². The standard InChI is InChI=1S/C21H28N2O4/c24-15-19-18(22-20(25)13-16-7-3-1-4-8-16)10-9-17(27-19)14-21(26)23-11-5-2-6-12-23/h1,3-4,7-10,17-19,24H,2,5-6,11-15H2,(H,22,25)/t17-,18-,19-/m0/s1. The van der Waals surface area contributed by atoms with Crippen LogP contribution in [-0.2, 0) is 20.7 Å². The molecule has 0 radical (unpaired) electrons. The fourth-order valence-corrected chi connectivity index (χ4v) is 3.60.